The van der Waals surface area contributed by atoms with E-state index in [1.54, 1.807) is 25.2 Å². The van der Waals surface area contributed by atoms with Crippen molar-refractivity contribution in [1.29, 1.82) is 0 Å². The average Bonchev–Trinajstić information content (AvgIpc) is 3.16. The van der Waals surface area contributed by atoms with Crippen molar-refractivity contribution >= 4 is 5.91 Å². The van der Waals surface area contributed by atoms with Gasteiger partial charge >= 0.3 is 0 Å². The van der Waals surface area contributed by atoms with E-state index in [1.807, 2.05) is 0 Å². The molecule has 4 aromatic rings. The molecule has 31 heavy (non-hydrogen) atoms. The molecule has 0 unspecified atom stereocenters. The van der Waals surface area contributed by atoms with Crippen LogP contribution in [0.3, 0.4) is 0 Å². The van der Waals surface area contributed by atoms with Gasteiger partial charge in [-0.15, -0.1) is 0 Å². The number of halogens is 3. The third kappa shape index (κ3) is 4.45. The Bertz CT molecular complexity index is 1250. The van der Waals surface area contributed by atoms with Crippen LogP contribution in [0.15, 0.2) is 60.9 Å². The lowest BCUT2D eigenvalue weighted by atomic mass is 10.1. The summed E-state index contributed by atoms with van der Waals surface area (Å²) in [5.41, 5.74) is 2.82. The fourth-order valence-corrected chi connectivity index (χ4v) is 3.01. The maximum Gasteiger partial charge on any atom is 0.269 e. The highest BCUT2D eigenvalue weighted by Crippen LogP contribution is 2.21. The molecule has 2 aromatic heterocycles. The van der Waals surface area contributed by atoms with Gasteiger partial charge in [0.05, 0.1) is 23.6 Å². The Labute approximate surface area is 175 Å². The summed E-state index contributed by atoms with van der Waals surface area (Å²) >= 11 is 0. The highest BCUT2D eigenvalue weighted by atomic mass is 19.2. The summed E-state index contributed by atoms with van der Waals surface area (Å²) in [5.74, 6) is -2.70. The summed E-state index contributed by atoms with van der Waals surface area (Å²) in [7, 11) is 1.58. The van der Waals surface area contributed by atoms with Crippen LogP contribution in [0.25, 0.3) is 22.5 Å². The molecule has 1 amide bonds. The molecule has 0 aliphatic carbocycles. The maximum absolute atomic E-state index is 13.5. The number of nitrogens with zero attached hydrogens (tertiary/aromatic N) is 4. The number of benzene rings is 2. The molecule has 0 aliphatic heterocycles. The van der Waals surface area contributed by atoms with Crippen LogP contribution in [0.4, 0.5) is 13.2 Å². The van der Waals surface area contributed by atoms with Gasteiger partial charge in [0, 0.05) is 18.2 Å². The van der Waals surface area contributed by atoms with Gasteiger partial charge in [-0.1, -0.05) is 0 Å². The number of hydrogen-bond acceptors (Lipinski definition) is 4. The molecule has 0 bridgehead atoms. The van der Waals surface area contributed by atoms with Crippen molar-refractivity contribution in [2.75, 3.05) is 0 Å². The van der Waals surface area contributed by atoms with Crippen LogP contribution in [0, 0.1) is 17.5 Å². The zero-order chi connectivity index (χ0) is 22.0. The summed E-state index contributed by atoms with van der Waals surface area (Å²) < 4.78 is 41.1. The lowest BCUT2D eigenvalue weighted by molar-refractivity contribution is 0.0941. The summed E-state index contributed by atoms with van der Waals surface area (Å²) in [6, 6.07) is 12.5. The fourth-order valence-electron chi connectivity index (χ4n) is 3.01. The van der Waals surface area contributed by atoms with E-state index in [4.69, 9.17) is 0 Å². The standard InChI is InChI=1S/C22H16F3N5O/c1-30-21(10-20(29-30)14-4-7-17(24)18(25)8-14)22(31)26-11-16-9-19(28-12-27-16)13-2-5-15(23)6-3-13/h2-10,12H,11H2,1H3,(H,26,31). The SMILES string of the molecule is Cn1nc(-c2ccc(F)c(F)c2)cc1C(=O)NCc1cc(-c2ccc(F)cc2)ncn1. The van der Waals surface area contributed by atoms with Crippen LogP contribution < -0.4 is 5.32 Å². The Morgan fingerprint density at radius 2 is 1.65 bits per heavy atom. The molecule has 156 valence electrons. The van der Waals surface area contributed by atoms with Gasteiger partial charge in [-0.3, -0.25) is 9.48 Å². The van der Waals surface area contributed by atoms with E-state index in [0.717, 1.165) is 17.7 Å². The first-order valence-electron chi connectivity index (χ1n) is 9.25. The van der Waals surface area contributed by atoms with Gasteiger partial charge in [0.2, 0.25) is 0 Å². The van der Waals surface area contributed by atoms with Gasteiger partial charge < -0.3 is 5.32 Å². The highest BCUT2D eigenvalue weighted by Gasteiger charge is 2.15. The van der Waals surface area contributed by atoms with Crippen molar-refractivity contribution in [3.63, 3.8) is 0 Å². The Kier molecular flexibility index (Phi) is 5.48. The van der Waals surface area contributed by atoms with Gasteiger partial charge in [-0.05, 0) is 54.6 Å². The van der Waals surface area contributed by atoms with Crippen molar-refractivity contribution in [2.45, 2.75) is 6.54 Å². The third-order valence-corrected chi connectivity index (χ3v) is 4.62. The second-order valence-electron chi connectivity index (χ2n) is 6.75. The van der Waals surface area contributed by atoms with Crippen molar-refractivity contribution in [2.24, 2.45) is 7.05 Å². The van der Waals surface area contributed by atoms with E-state index in [2.05, 4.69) is 20.4 Å². The monoisotopic (exact) mass is 423 g/mol. The third-order valence-electron chi connectivity index (χ3n) is 4.62. The number of rotatable bonds is 5. The smallest absolute Gasteiger partial charge is 0.269 e. The van der Waals surface area contributed by atoms with E-state index in [-0.39, 0.29) is 18.1 Å². The van der Waals surface area contributed by atoms with Crippen molar-refractivity contribution in [3.05, 3.63) is 89.8 Å². The van der Waals surface area contributed by atoms with Crippen LogP contribution in [0.5, 0.6) is 0 Å². The molecule has 0 saturated heterocycles. The molecule has 0 spiro atoms. The largest absolute Gasteiger partial charge is 0.345 e. The Morgan fingerprint density at radius 1 is 0.903 bits per heavy atom. The Balaban J connectivity index is 1.48. The van der Waals surface area contributed by atoms with Gasteiger partial charge in [-0.25, -0.2) is 23.1 Å². The van der Waals surface area contributed by atoms with Crippen LogP contribution >= 0.6 is 0 Å². The zero-order valence-corrected chi connectivity index (χ0v) is 16.3. The maximum atomic E-state index is 13.5. The van der Waals surface area contributed by atoms with E-state index in [9.17, 15) is 18.0 Å². The highest BCUT2D eigenvalue weighted by molar-refractivity contribution is 5.93. The summed E-state index contributed by atoms with van der Waals surface area (Å²) in [6.45, 7) is 0.126. The minimum Gasteiger partial charge on any atom is -0.345 e. The summed E-state index contributed by atoms with van der Waals surface area (Å²) in [6.07, 6.45) is 1.37. The molecule has 4 rings (SSSR count). The minimum atomic E-state index is -0.991. The topological polar surface area (TPSA) is 72.7 Å². The van der Waals surface area contributed by atoms with Crippen molar-refractivity contribution in [3.8, 4) is 22.5 Å². The molecule has 0 saturated carbocycles. The minimum absolute atomic E-state index is 0.126. The number of aryl methyl sites for hydroxylation is 1. The van der Waals surface area contributed by atoms with E-state index >= 15 is 0 Å². The normalized spacial score (nSPS) is 10.8. The number of aromatic nitrogens is 4. The van der Waals surface area contributed by atoms with Gasteiger partial charge in [0.1, 0.15) is 17.8 Å². The quantitative estimate of drug-likeness (QED) is 0.529. The van der Waals surface area contributed by atoms with Gasteiger partial charge in [0.25, 0.3) is 5.91 Å². The second-order valence-corrected chi connectivity index (χ2v) is 6.75. The molecule has 1 N–H and O–H groups in total. The summed E-state index contributed by atoms with van der Waals surface area (Å²) in [4.78, 5) is 20.9. The lowest BCUT2D eigenvalue weighted by Gasteiger charge is -2.06. The molecule has 2 aromatic carbocycles. The predicted octanol–water partition coefficient (Wildman–Crippen LogP) is 3.89. The van der Waals surface area contributed by atoms with E-state index in [0.29, 0.717) is 22.6 Å². The molecule has 0 radical (unpaired) electrons. The van der Waals surface area contributed by atoms with Crippen LogP contribution in [-0.4, -0.2) is 25.7 Å². The average molecular weight is 423 g/mol. The first kappa shape index (κ1) is 20.3. The number of hydrogen-bond donors (Lipinski definition) is 1. The first-order valence-corrected chi connectivity index (χ1v) is 9.25. The Morgan fingerprint density at radius 3 is 2.39 bits per heavy atom. The second kappa shape index (κ2) is 8.39. The van der Waals surface area contributed by atoms with Crippen molar-refractivity contribution < 1.29 is 18.0 Å². The number of carbonyl (C=O) groups excluding carboxylic acids is 1. The van der Waals surface area contributed by atoms with Crippen LogP contribution in [-0.2, 0) is 13.6 Å². The molecular formula is C22H16F3N5O. The van der Waals surface area contributed by atoms with Gasteiger partial charge in [0.15, 0.2) is 11.6 Å². The van der Waals surface area contributed by atoms with Crippen LogP contribution in [0.2, 0.25) is 0 Å². The Hall–Kier alpha value is -4.01. The zero-order valence-electron chi connectivity index (χ0n) is 16.3. The number of carbonyl (C=O) groups is 1. The van der Waals surface area contributed by atoms with Gasteiger partial charge in [-0.2, -0.15) is 5.10 Å². The lowest BCUT2D eigenvalue weighted by Crippen LogP contribution is -2.25. The number of nitrogens with one attached hydrogen (secondary N) is 1. The van der Waals surface area contributed by atoms with Crippen LogP contribution in [0.1, 0.15) is 16.2 Å². The molecule has 0 aliphatic rings. The number of amides is 1. The van der Waals surface area contributed by atoms with Crippen molar-refractivity contribution in [1.82, 2.24) is 25.1 Å². The summed E-state index contributed by atoms with van der Waals surface area (Å²) in [5, 5.41) is 6.94. The van der Waals surface area contributed by atoms with E-state index in [1.165, 1.54) is 35.3 Å². The molecule has 6 nitrogen and oxygen atoms in total. The molecule has 2 heterocycles. The predicted molar refractivity (Wildman–Crippen MR) is 107 cm³/mol. The first-order chi connectivity index (χ1) is 14.9. The molecular weight excluding hydrogens is 407 g/mol. The molecule has 0 atom stereocenters. The molecule has 9 heteroatoms. The fraction of sp³-hybridized carbons (Fsp3) is 0.0909. The molecule has 0 fully saturated rings. The van der Waals surface area contributed by atoms with E-state index < -0.39 is 17.5 Å².